The molecule has 0 aliphatic carbocycles. The van der Waals surface area contributed by atoms with Gasteiger partial charge >= 0.3 is 0 Å². The summed E-state index contributed by atoms with van der Waals surface area (Å²) in [4.78, 5) is 0. The van der Waals surface area contributed by atoms with Crippen molar-refractivity contribution in [2.24, 2.45) is 0 Å². The van der Waals surface area contributed by atoms with Gasteiger partial charge in [0.25, 0.3) is 0 Å². The lowest BCUT2D eigenvalue weighted by Crippen LogP contribution is -1.83. The summed E-state index contributed by atoms with van der Waals surface area (Å²) < 4.78 is 0. The van der Waals surface area contributed by atoms with Gasteiger partial charge in [0.2, 0.25) is 0 Å². The van der Waals surface area contributed by atoms with Crippen molar-refractivity contribution in [2.75, 3.05) is 0 Å². The Labute approximate surface area is 72.7 Å². The van der Waals surface area contributed by atoms with E-state index in [0.717, 1.165) is 11.1 Å². The number of allylic oxidation sites excluding steroid dienone is 3. The van der Waals surface area contributed by atoms with Crippen LogP contribution in [-0.2, 0) is 0 Å². The van der Waals surface area contributed by atoms with Crippen LogP contribution in [0.4, 0.5) is 0 Å². The first-order chi connectivity index (χ1) is 5.75. The molecule has 0 aromatic heterocycles. The molecule has 1 heteroatoms. The van der Waals surface area contributed by atoms with Gasteiger partial charge in [-0.05, 0) is 12.5 Å². The molecule has 0 saturated carbocycles. The maximum atomic E-state index is 9.27. The SMILES string of the molecule is C=C/C(=C(\C)O)c1ccccc1. The summed E-state index contributed by atoms with van der Waals surface area (Å²) in [5, 5.41) is 9.27. The van der Waals surface area contributed by atoms with Crippen molar-refractivity contribution in [3.05, 3.63) is 54.3 Å². The van der Waals surface area contributed by atoms with E-state index in [1.54, 1.807) is 13.0 Å². The molecular formula is C11H12O. The molecule has 0 aliphatic heterocycles. The Balaban J connectivity index is 3.14. The second-order valence-corrected chi connectivity index (χ2v) is 2.57. The lowest BCUT2D eigenvalue weighted by Gasteiger charge is -2.02. The molecule has 0 saturated heterocycles. The molecule has 0 amide bonds. The van der Waals surface area contributed by atoms with Crippen molar-refractivity contribution in [2.45, 2.75) is 6.92 Å². The minimum atomic E-state index is 0.302. The van der Waals surface area contributed by atoms with Crippen LogP contribution in [0.25, 0.3) is 5.57 Å². The summed E-state index contributed by atoms with van der Waals surface area (Å²) in [6.45, 7) is 5.30. The normalized spacial score (nSPS) is 12.1. The fourth-order valence-corrected chi connectivity index (χ4v) is 1.09. The smallest absolute Gasteiger partial charge is 0.0969 e. The molecule has 1 aromatic rings. The summed E-state index contributed by atoms with van der Waals surface area (Å²) in [6, 6.07) is 9.69. The Morgan fingerprint density at radius 2 is 1.92 bits per heavy atom. The maximum absolute atomic E-state index is 9.27. The molecule has 0 radical (unpaired) electrons. The Bertz CT molecular complexity index is 292. The molecule has 1 aromatic carbocycles. The van der Waals surface area contributed by atoms with Crippen LogP contribution in [-0.4, -0.2) is 5.11 Å². The van der Waals surface area contributed by atoms with Gasteiger partial charge in [-0.3, -0.25) is 0 Å². The molecule has 0 bridgehead atoms. The first kappa shape index (κ1) is 8.60. The van der Waals surface area contributed by atoms with Crippen molar-refractivity contribution < 1.29 is 5.11 Å². The minimum absolute atomic E-state index is 0.302. The van der Waals surface area contributed by atoms with Gasteiger partial charge in [-0.2, -0.15) is 0 Å². The van der Waals surface area contributed by atoms with Gasteiger partial charge < -0.3 is 5.11 Å². The van der Waals surface area contributed by atoms with Crippen LogP contribution in [0.3, 0.4) is 0 Å². The molecule has 0 unspecified atom stereocenters. The van der Waals surface area contributed by atoms with Crippen molar-refractivity contribution in [3.63, 3.8) is 0 Å². The summed E-state index contributed by atoms with van der Waals surface area (Å²) >= 11 is 0. The van der Waals surface area contributed by atoms with Crippen LogP contribution >= 0.6 is 0 Å². The quantitative estimate of drug-likeness (QED) is 0.520. The third-order valence-corrected chi connectivity index (χ3v) is 1.68. The maximum Gasteiger partial charge on any atom is 0.0969 e. The highest BCUT2D eigenvalue weighted by Gasteiger charge is 1.98. The Kier molecular flexibility index (Phi) is 2.70. The number of hydrogen-bond donors (Lipinski definition) is 1. The monoisotopic (exact) mass is 160 g/mol. The van der Waals surface area contributed by atoms with Gasteiger partial charge in [0, 0.05) is 5.57 Å². The number of rotatable bonds is 2. The molecule has 0 aliphatic rings. The second kappa shape index (κ2) is 3.77. The van der Waals surface area contributed by atoms with Crippen molar-refractivity contribution in [1.29, 1.82) is 0 Å². The standard InChI is InChI=1S/C11H12O/c1-3-11(9(2)12)10-7-5-4-6-8-10/h3-8,12H,1H2,2H3/b11-9-. The summed E-state index contributed by atoms with van der Waals surface area (Å²) in [5.41, 5.74) is 1.78. The fourth-order valence-electron chi connectivity index (χ4n) is 1.09. The first-order valence-corrected chi connectivity index (χ1v) is 3.83. The summed E-state index contributed by atoms with van der Waals surface area (Å²) in [6.07, 6.45) is 1.66. The number of aliphatic hydroxyl groups excluding tert-OH is 1. The van der Waals surface area contributed by atoms with E-state index in [-0.39, 0.29) is 0 Å². The van der Waals surface area contributed by atoms with E-state index in [0.29, 0.717) is 5.76 Å². The van der Waals surface area contributed by atoms with Gasteiger partial charge in [-0.1, -0.05) is 43.0 Å². The lowest BCUT2D eigenvalue weighted by atomic mass is 10.1. The van der Waals surface area contributed by atoms with Gasteiger partial charge in [-0.25, -0.2) is 0 Å². The van der Waals surface area contributed by atoms with Crippen molar-refractivity contribution in [1.82, 2.24) is 0 Å². The van der Waals surface area contributed by atoms with E-state index >= 15 is 0 Å². The molecule has 62 valence electrons. The average Bonchev–Trinajstić information content (AvgIpc) is 2.07. The highest BCUT2D eigenvalue weighted by molar-refractivity contribution is 5.74. The van der Waals surface area contributed by atoms with E-state index in [9.17, 15) is 5.11 Å². The van der Waals surface area contributed by atoms with E-state index in [4.69, 9.17) is 0 Å². The Hall–Kier alpha value is -1.50. The van der Waals surface area contributed by atoms with Crippen LogP contribution in [0.2, 0.25) is 0 Å². The molecule has 1 nitrogen and oxygen atoms in total. The van der Waals surface area contributed by atoms with E-state index in [1.807, 2.05) is 30.3 Å². The highest BCUT2D eigenvalue weighted by atomic mass is 16.3. The van der Waals surface area contributed by atoms with Crippen LogP contribution in [0, 0.1) is 0 Å². The van der Waals surface area contributed by atoms with Gasteiger partial charge in [0.1, 0.15) is 0 Å². The fraction of sp³-hybridized carbons (Fsp3) is 0.0909. The average molecular weight is 160 g/mol. The van der Waals surface area contributed by atoms with E-state index in [2.05, 4.69) is 6.58 Å². The third kappa shape index (κ3) is 1.76. The molecule has 0 atom stereocenters. The molecule has 0 spiro atoms. The zero-order valence-electron chi connectivity index (χ0n) is 7.12. The molecule has 1 N–H and O–H groups in total. The number of hydrogen-bond acceptors (Lipinski definition) is 1. The highest BCUT2D eigenvalue weighted by Crippen LogP contribution is 2.17. The zero-order chi connectivity index (χ0) is 8.97. The molecule has 0 heterocycles. The first-order valence-electron chi connectivity index (χ1n) is 3.83. The summed E-state index contributed by atoms with van der Waals surface area (Å²) in [5.74, 6) is 0.302. The Morgan fingerprint density at radius 3 is 2.33 bits per heavy atom. The van der Waals surface area contributed by atoms with Crippen LogP contribution in [0.15, 0.2) is 48.7 Å². The molecule has 12 heavy (non-hydrogen) atoms. The predicted octanol–water partition coefficient (Wildman–Crippen LogP) is 3.16. The molecule has 0 fully saturated rings. The van der Waals surface area contributed by atoms with Crippen LogP contribution in [0.5, 0.6) is 0 Å². The van der Waals surface area contributed by atoms with Gasteiger partial charge in [-0.15, -0.1) is 0 Å². The lowest BCUT2D eigenvalue weighted by molar-refractivity contribution is 0.417. The minimum Gasteiger partial charge on any atom is -0.512 e. The molecule has 1 rings (SSSR count). The van der Waals surface area contributed by atoms with Crippen LogP contribution < -0.4 is 0 Å². The topological polar surface area (TPSA) is 20.2 Å². The van der Waals surface area contributed by atoms with Gasteiger partial charge in [0.05, 0.1) is 5.76 Å². The third-order valence-electron chi connectivity index (χ3n) is 1.68. The Morgan fingerprint density at radius 1 is 1.33 bits per heavy atom. The van der Waals surface area contributed by atoms with Crippen LogP contribution in [0.1, 0.15) is 12.5 Å². The van der Waals surface area contributed by atoms with E-state index < -0.39 is 0 Å². The molecular weight excluding hydrogens is 148 g/mol. The number of benzene rings is 1. The van der Waals surface area contributed by atoms with Crippen molar-refractivity contribution in [3.8, 4) is 0 Å². The van der Waals surface area contributed by atoms with Crippen molar-refractivity contribution >= 4 is 5.57 Å². The largest absolute Gasteiger partial charge is 0.512 e. The summed E-state index contributed by atoms with van der Waals surface area (Å²) in [7, 11) is 0. The van der Waals surface area contributed by atoms with Gasteiger partial charge in [0.15, 0.2) is 0 Å². The zero-order valence-corrected chi connectivity index (χ0v) is 7.12. The number of aliphatic hydroxyl groups is 1. The van der Waals surface area contributed by atoms with E-state index in [1.165, 1.54) is 0 Å². The predicted molar refractivity (Wildman–Crippen MR) is 51.9 cm³/mol. The second-order valence-electron chi connectivity index (χ2n) is 2.57.